The molecule has 1 aromatic rings. The molecule has 0 saturated heterocycles. The smallest absolute Gasteiger partial charge is 0.184 e. The van der Waals surface area contributed by atoms with E-state index in [4.69, 9.17) is 10.5 Å². The Morgan fingerprint density at radius 2 is 2.38 bits per heavy atom. The predicted octanol–water partition coefficient (Wildman–Crippen LogP) is 0.712. The number of nitrogens with zero attached hydrogens (tertiary/aromatic N) is 1. The molecule has 2 rings (SSSR count). The predicted molar refractivity (Wildman–Crippen MR) is 64.7 cm³/mol. The Hall–Kier alpha value is -1.82. The van der Waals surface area contributed by atoms with Crippen LogP contribution in [0.25, 0.3) is 0 Å². The number of hydrogen-bond donors (Lipinski definition) is 3. The quantitative estimate of drug-likeness (QED) is 0.495. The first kappa shape index (κ1) is 10.7. The van der Waals surface area contributed by atoms with Crippen molar-refractivity contribution in [1.82, 2.24) is 5.43 Å². The molecule has 0 unspecified atom stereocenters. The second-order valence-corrected chi connectivity index (χ2v) is 3.75. The number of phenolic OH excluding ortho intramolecular Hbond substituents is 1. The minimum absolute atomic E-state index is 0.112. The summed E-state index contributed by atoms with van der Waals surface area (Å²) in [5.41, 5.74) is 9.36. The van der Waals surface area contributed by atoms with Gasteiger partial charge in [-0.25, -0.2) is 0 Å². The van der Waals surface area contributed by atoms with Gasteiger partial charge in [0.1, 0.15) is 11.5 Å². The highest BCUT2D eigenvalue weighted by Crippen LogP contribution is 2.28. The van der Waals surface area contributed by atoms with E-state index in [-0.39, 0.29) is 10.9 Å². The Morgan fingerprint density at radius 3 is 3.12 bits per heavy atom. The molecule has 0 amide bonds. The Morgan fingerprint density at radius 1 is 1.56 bits per heavy atom. The van der Waals surface area contributed by atoms with Crippen LogP contribution in [0.1, 0.15) is 12.0 Å². The lowest BCUT2D eigenvalue weighted by atomic mass is 10.0. The SMILES string of the molecule is NC(=S)N/N=C1\CCOc2ccc(O)cc21. The van der Waals surface area contributed by atoms with Gasteiger partial charge in [0.25, 0.3) is 0 Å². The molecule has 4 N–H and O–H groups in total. The molecule has 0 spiro atoms. The number of hydrazone groups is 1. The Balaban J connectivity index is 2.35. The van der Waals surface area contributed by atoms with E-state index in [1.165, 1.54) is 0 Å². The maximum Gasteiger partial charge on any atom is 0.184 e. The van der Waals surface area contributed by atoms with Crippen LogP contribution in [0.2, 0.25) is 0 Å². The fourth-order valence-electron chi connectivity index (χ4n) is 1.50. The van der Waals surface area contributed by atoms with Crippen molar-refractivity contribution in [3.05, 3.63) is 23.8 Å². The summed E-state index contributed by atoms with van der Waals surface area (Å²) in [6, 6.07) is 4.89. The van der Waals surface area contributed by atoms with Crippen molar-refractivity contribution in [1.29, 1.82) is 0 Å². The van der Waals surface area contributed by atoms with Gasteiger partial charge in [-0.15, -0.1) is 0 Å². The lowest BCUT2D eigenvalue weighted by Crippen LogP contribution is -2.27. The lowest BCUT2D eigenvalue weighted by Gasteiger charge is -2.19. The zero-order valence-corrected chi connectivity index (χ0v) is 9.25. The first-order valence-electron chi connectivity index (χ1n) is 4.75. The number of phenols is 1. The van der Waals surface area contributed by atoms with Gasteiger partial charge in [-0.2, -0.15) is 5.10 Å². The molecule has 0 aliphatic carbocycles. The molecule has 0 atom stereocenters. The highest BCUT2D eigenvalue weighted by atomic mass is 32.1. The van der Waals surface area contributed by atoms with Crippen LogP contribution < -0.4 is 15.9 Å². The third kappa shape index (κ3) is 2.22. The van der Waals surface area contributed by atoms with Gasteiger partial charge < -0.3 is 15.6 Å². The van der Waals surface area contributed by atoms with Crippen LogP contribution in [-0.2, 0) is 0 Å². The Kier molecular flexibility index (Phi) is 2.91. The van der Waals surface area contributed by atoms with E-state index in [0.29, 0.717) is 18.8 Å². The first-order chi connectivity index (χ1) is 7.66. The average molecular weight is 237 g/mol. The van der Waals surface area contributed by atoms with Gasteiger partial charge in [0.05, 0.1) is 12.3 Å². The standard InChI is InChI=1S/C10H11N3O2S/c11-10(16)13-12-8-3-4-15-9-2-1-6(14)5-7(8)9/h1-2,5,14H,3-4H2,(H3,11,13,16)/b12-8+. The number of nitrogens with two attached hydrogens (primary N) is 1. The van der Waals surface area contributed by atoms with Gasteiger partial charge >= 0.3 is 0 Å². The largest absolute Gasteiger partial charge is 0.508 e. The van der Waals surface area contributed by atoms with Crippen molar-refractivity contribution in [3.8, 4) is 11.5 Å². The summed E-state index contributed by atoms with van der Waals surface area (Å²) in [6.07, 6.45) is 0.645. The third-order valence-electron chi connectivity index (χ3n) is 2.17. The molecule has 1 aromatic carbocycles. The van der Waals surface area contributed by atoms with Crippen molar-refractivity contribution in [2.24, 2.45) is 10.8 Å². The van der Waals surface area contributed by atoms with E-state index < -0.39 is 0 Å². The Bertz CT molecular complexity index is 459. The van der Waals surface area contributed by atoms with E-state index in [2.05, 4.69) is 22.7 Å². The number of hydrogen-bond acceptors (Lipinski definition) is 4. The molecule has 1 heterocycles. The van der Waals surface area contributed by atoms with Gasteiger partial charge in [0.15, 0.2) is 5.11 Å². The van der Waals surface area contributed by atoms with Gasteiger partial charge in [-0.3, -0.25) is 5.43 Å². The van der Waals surface area contributed by atoms with Crippen molar-refractivity contribution in [3.63, 3.8) is 0 Å². The monoisotopic (exact) mass is 237 g/mol. The molecule has 0 saturated carbocycles. The lowest BCUT2D eigenvalue weighted by molar-refractivity contribution is 0.319. The van der Waals surface area contributed by atoms with Gasteiger partial charge in [0.2, 0.25) is 0 Å². The topological polar surface area (TPSA) is 79.9 Å². The fourth-order valence-corrected chi connectivity index (χ4v) is 1.55. The molecule has 1 aliphatic heterocycles. The maximum atomic E-state index is 9.40. The molecule has 0 bridgehead atoms. The third-order valence-corrected chi connectivity index (χ3v) is 2.26. The zero-order valence-electron chi connectivity index (χ0n) is 8.43. The van der Waals surface area contributed by atoms with E-state index in [9.17, 15) is 5.11 Å². The molecule has 5 nitrogen and oxygen atoms in total. The van der Waals surface area contributed by atoms with Crippen molar-refractivity contribution in [2.45, 2.75) is 6.42 Å². The number of thiocarbonyl (C=S) groups is 1. The summed E-state index contributed by atoms with van der Waals surface area (Å²) in [5.74, 6) is 0.875. The minimum atomic E-state index is 0.112. The number of fused-ring (bicyclic) bond motifs is 1. The number of ether oxygens (including phenoxy) is 1. The fraction of sp³-hybridized carbons (Fsp3) is 0.200. The molecule has 0 radical (unpaired) electrons. The van der Waals surface area contributed by atoms with Crippen LogP contribution in [0, 0.1) is 0 Å². The molecule has 16 heavy (non-hydrogen) atoms. The average Bonchev–Trinajstić information content (AvgIpc) is 2.26. The van der Waals surface area contributed by atoms with Crippen LogP contribution in [0.5, 0.6) is 11.5 Å². The van der Waals surface area contributed by atoms with E-state index in [0.717, 1.165) is 11.3 Å². The van der Waals surface area contributed by atoms with Crippen molar-refractivity contribution >= 4 is 23.0 Å². The molecule has 1 aliphatic rings. The summed E-state index contributed by atoms with van der Waals surface area (Å²) in [4.78, 5) is 0. The first-order valence-corrected chi connectivity index (χ1v) is 5.16. The molecule has 0 aromatic heterocycles. The van der Waals surface area contributed by atoms with Gasteiger partial charge in [-0.05, 0) is 30.4 Å². The van der Waals surface area contributed by atoms with Crippen molar-refractivity contribution < 1.29 is 9.84 Å². The van der Waals surface area contributed by atoms with Gasteiger partial charge in [-0.1, -0.05) is 0 Å². The number of rotatable bonds is 1. The number of benzene rings is 1. The normalized spacial score (nSPS) is 16.4. The summed E-state index contributed by atoms with van der Waals surface area (Å²) < 4.78 is 5.43. The molecule has 84 valence electrons. The Labute approximate surface area is 97.9 Å². The number of nitrogens with one attached hydrogen (secondary N) is 1. The number of aromatic hydroxyl groups is 1. The second kappa shape index (κ2) is 4.36. The summed E-state index contributed by atoms with van der Waals surface area (Å²) in [6.45, 7) is 0.551. The van der Waals surface area contributed by atoms with Crippen LogP contribution in [0.3, 0.4) is 0 Å². The molecule has 0 fully saturated rings. The highest BCUT2D eigenvalue weighted by molar-refractivity contribution is 7.80. The summed E-state index contributed by atoms with van der Waals surface area (Å²) in [5, 5.41) is 13.6. The van der Waals surface area contributed by atoms with E-state index in [1.54, 1.807) is 18.2 Å². The van der Waals surface area contributed by atoms with E-state index in [1.807, 2.05) is 0 Å². The van der Waals surface area contributed by atoms with Crippen molar-refractivity contribution in [2.75, 3.05) is 6.61 Å². The summed E-state index contributed by atoms with van der Waals surface area (Å²) in [7, 11) is 0. The zero-order chi connectivity index (χ0) is 11.5. The van der Waals surface area contributed by atoms with Crippen LogP contribution in [0.15, 0.2) is 23.3 Å². The van der Waals surface area contributed by atoms with E-state index >= 15 is 0 Å². The second-order valence-electron chi connectivity index (χ2n) is 3.31. The molecular formula is C10H11N3O2S. The summed E-state index contributed by atoms with van der Waals surface area (Å²) >= 11 is 4.67. The minimum Gasteiger partial charge on any atom is -0.508 e. The van der Waals surface area contributed by atoms with Crippen LogP contribution >= 0.6 is 12.2 Å². The molecular weight excluding hydrogens is 226 g/mol. The maximum absolute atomic E-state index is 9.40. The van der Waals surface area contributed by atoms with Gasteiger partial charge in [0, 0.05) is 12.0 Å². The highest BCUT2D eigenvalue weighted by Gasteiger charge is 2.17. The van der Waals surface area contributed by atoms with Crippen LogP contribution in [-0.4, -0.2) is 22.5 Å². The molecule has 6 heteroatoms. The van der Waals surface area contributed by atoms with Crippen LogP contribution in [0.4, 0.5) is 0 Å².